The number of fused-ring (bicyclic) bond motifs is 1. The number of para-hydroxylation sites is 2. The molecule has 0 atom stereocenters. The molecule has 1 amide bonds. The molecule has 5 rings (SSSR count). The number of benzene rings is 2. The maximum atomic E-state index is 13.0. The first-order valence-corrected chi connectivity index (χ1v) is 12.0. The van der Waals surface area contributed by atoms with Crippen molar-refractivity contribution >= 4 is 40.1 Å². The van der Waals surface area contributed by atoms with Crippen molar-refractivity contribution in [1.82, 2.24) is 14.5 Å². The van der Waals surface area contributed by atoms with Crippen molar-refractivity contribution in [3.8, 4) is 5.69 Å². The largest absolute Gasteiger partial charge is 0.342 e. The molecule has 3 heterocycles. The topological polar surface area (TPSA) is 67.2 Å². The second-order valence-corrected chi connectivity index (χ2v) is 8.97. The smallest absolute Gasteiger partial charge is 0.232 e. The van der Waals surface area contributed by atoms with E-state index in [0.717, 1.165) is 47.8 Å². The van der Waals surface area contributed by atoms with E-state index in [9.17, 15) is 9.59 Å². The van der Waals surface area contributed by atoms with E-state index in [1.165, 1.54) is 11.8 Å². The van der Waals surface area contributed by atoms with E-state index >= 15 is 0 Å². The summed E-state index contributed by atoms with van der Waals surface area (Å²) in [5.74, 6) is 1.15. The highest BCUT2D eigenvalue weighted by atomic mass is 32.2. The second-order valence-electron chi connectivity index (χ2n) is 7.97. The molecule has 1 aliphatic heterocycles. The Hall–Kier alpha value is -3.58. The van der Waals surface area contributed by atoms with Gasteiger partial charge in [-0.25, -0.2) is 4.98 Å². The maximum absolute atomic E-state index is 13.0. The Bertz CT molecular complexity index is 1330. The van der Waals surface area contributed by atoms with Gasteiger partial charge >= 0.3 is 0 Å². The fraction of sp³-hybridized carbons (Fsp3) is 0.192. The Morgan fingerprint density at radius 3 is 2.39 bits per heavy atom. The summed E-state index contributed by atoms with van der Waals surface area (Å²) in [7, 11) is 0. The number of pyridine rings is 2. The van der Waals surface area contributed by atoms with E-state index in [1.54, 1.807) is 12.3 Å². The first-order valence-electron chi connectivity index (χ1n) is 11.0. The molecule has 4 aromatic rings. The van der Waals surface area contributed by atoms with Crippen LogP contribution in [0.5, 0.6) is 0 Å². The molecule has 1 saturated heterocycles. The van der Waals surface area contributed by atoms with E-state index < -0.39 is 0 Å². The SMILES string of the molecule is O=C(CSc1cc2c(cn1)c(=O)cc(Nc1ccccc1)n2-c1ccccc1)N1CCCC1. The molecule has 0 saturated carbocycles. The summed E-state index contributed by atoms with van der Waals surface area (Å²) >= 11 is 1.41. The van der Waals surface area contributed by atoms with Gasteiger partial charge in [0.05, 0.1) is 21.7 Å². The molecule has 0 radical (unpaired) electrons. The van der Waals surface area contributed by atoms with Crippen LogP contribution in [0.4, 0.5) is 11.5 Å². The van der Waals surface area contributed by atoms with E-state index in [-0.39, 0.29) is 11.3 Å². The van der Waals surface area contributed by atoms with Crippen LogP contribution in [-0.4, -0.2) is 39.2 Å². The molecule has 1 fully saturated rings. The van der Waals surface area contributed by atoms with Crippen LogP contribution in [0.3, 0.4) is 0 Å². The van der Waals surface area contributed by atoms with Gasteiger partial charge in [0.2, 0.25) is 5.91 Å². The Labute approximate surface area is 196 Å². The number of amides is 1. The molecule has 0 spiro atoms. The molecule has 1 N–H and O–H groups in total. The van der Waals surface area contributed by atoms with Gasteiger partial charge in [-0.05, 0) is 43.2 Å². The van der Waals surface area contributed by atoms with Crippen molar-refractivity contribution in [3.63, 3.8) is 0 Å². The van der Waals surface area contributed by atoms with Crippen LogP contribution in [0, 0.1) is 0 Å². The highest BCUT2D eigenvalue weighted by molar-refractivity contribution is 7.99. The summed E-state index contributed by atoms with van der Waals surface area (Å²) in [6, 6.07) is 23.2. The number of rotatable bonds is 6. The molecule has 0 bridgehead atoms. The highest BCUT2D eigenvalue weighted by Gasteiger charge is 2.19. The van der Waals surface area contributed by atoms with Crippen LogP contribution in [0.15, 0.2) is 88.8 Å². The predicted octanol–water partition coefficient (Wildman–Crippen LogP) is 4.84. The standard InChI is InChI=1S/C26H24N4O2S/c31-23-16-24(28-19-9-3-1-4-10-19)30(20-11-5-2-6-12-20)22-15-25(27-17-21(22)23)33-18-26(32)29-13-7-8-14-29/h1-6,9-12,15-17,28H,7-8,13-14,18H2. The van der Waals surface area contributed by atoms with E-state index in [4.69, 9.17) is 0 Å². The van der Waals surface area contributed by atoms with Crippen molar-refractivity contribution < 1.29 is 4.79 Å². The minimum Gasteiger partial charge on any atom is -0.342 e. The summed E-state index contributed by atoms with van der Waals surface area (Å²) < 4.78 is 2.03. The van der Waals surface area contributed by atoms with Gasteiger partial charge in [0.15, 0.2) is 5.43 Å². The lowest BCUT2D eigenvalue weighted by Gasteiger charge is -2.19. The minimum absolute atomic E-state index is 0.104. The molecule has 166 valence electrons. The van der Waals surface area contributed by atoms with Crippen molar-refractivity contribution in [2.45, 2.75) is 17.9 Å². The van der Waals surface area contributed by atoms with Crippen molar-refractivity contribution in [3.05, 3.63) is 89.2 Å². The fourth-order valence-corrected chi connectivity index (χ4v) is 4.86. The second kappa shape index (κ2) is 9.50. The van der Waals surface area contributed by atoms with Crippen LogP contribution < -0.4 is 10.7 Å². The number of aromatic nitrogens is 2. The zero-order chi connectivity index (χ0) is 22.6. The van der Waals surface area contributed by atoms with E-state index in [2.05, 4.69) is 10.3 Å². The summed E-state index contributed by atoms with van der Waals surface area (Å²) in [5, 5.41) is 4.64. The first-order chi connectivity index (χ1) is 16.2. The number of nitrogens with one attached hydrogen (secondary N) is 1. The zero-order valence-electron chi connectivity index (χ0n) is 18.1. The van der Waals surface area contributed by atoms with Crippen LogP contribution in [0.25, 0.3) is 16.6 Å². The van der Waals surface area contributed by atoms with Gasteiger partial charge in [-0.3, -0.25) is 14.2 Å². The average molecular weight is 457 g/mol. The van der Waals surface area contributed by atoms with Crippen LogP contribution in [-0.2, 0) is 4.79 Å². The van der Waals surface area contributed by atoms with Gasteiger partial charge in [-0.15, -0.1) is 0 Å². The highest BCUT2D eigenvalue weighted by Crippen LogP contribution is 2.27. The summed E-state index contributed by atoms with van der Waals surface area (Å²) in [5.41, 5.74) is 2.46. The zero-order valence-corrected chi connectivity index (χ0v) is 18.9. The number of nitrogens with zero attached hydrogens (tertiary/aromatic N) is 3. The summed E-state index contributed by atoms with van der Waals surface area (Å²) in [4.78, 5) is 31.8. The number of likely N-dealkylation sites (tertiary alicyclic amines) is 1. The number of hydrogen-bond donors (Lipinski definition) is 1. The average Bonchev–Trinajstić information content (AvgIpc) is 3.39. The number of anilines is 2. The van der Waals surface area contributed by atoms with Gasteiger partial charge in [-0.2, -0.15) is 0 Å². The van der Waals surface area contributed by atoms with E-state index in [1.807, 2.05) is 76.2 Å². The molecule has 0 unspecified atom stereocenters. The lowest BCUT2D eigenvalue weighted by atomic mass is 10.2. The lowest BCUT2D eigenvalue weighted by Crippen LogP contribution is -2.29. The van der Waals surface area contributed by atoms with Crippen molar-refractivity contribution in [2.24, 2.45) is 0 Å². The summed E-state index contributed by atoms with van der Waals surface area (Å²) in [6.45, 7) is 1.68. The fourth-order valence-electron chi connectivity index (χ4n) is 4.09. The molecule has 33 heavy (non-hydrogen) atoms. The maximum Gasteiger partial charge on any atom is 0.232 e. The number of carbonyl (C=O) groups excluding carboxylic acids is 1. The van der Waals surface area contributed by atoms with Crippen LogP contribution in [0.1, 0.15) is 12.8 Å². The number of carbonyl (C=O) groups is 1. The third-order valence-corrected chi connectivity index (χ3v) is 6.65. The Morgan fingerprint density at radius 1 is 0.970 bits per heavy atom. The van der Waals surface area contributed by atoms with Gasteiger partial charge in [0, 0.05) is 36.7 Å². The van der Waals surface area contributed by atoms with Crippen molar-refractivity contribution in [2.75, 3.05) is 24.2 Å². The number of thioether (sulfide) groups is 1. The van der Waals surface area contributed by atoms with Gasteiger partial charge in [0.25, 0.3) is 0 Å². The molecular formula is C26H24N4O2S. The molecule has 7 heteroatoms. The van der Waals surface area contributed by atoms with Crippen LogP contribution >= 0.6 is 11.8 Å². The van der Waals surface area contributed by atoms with Crippen LogP contribution in [0.2, 0.25) is 0 Å². The monoisotopic (exact) mass is 456 g/mol. The molecule has 0 aliphatic carbocycles. The van der Waals surface area contributed by atoms with Crippen molar-refractivity contribution in [1.29, 1.82) is 0 Å². The third-order valence-electron chi connectivity index (χ3n) is 5.73. The quantitative estimate of drug-likeness (QED) is 0.421. The molecule has 2 aromatic carbocycles. The number of hydrogen-bond acceptors (Lipinski definition) is 5. The molecule has 2 aromatic heterocycles. The normalized spacial score (nSPS) is 13.4. The molecule has 6 nitrogen and oxygen atoms in total. The predicted molar refractivity (Wildman–Crippen MR) is 134 cm³/mol. The van der Waals surface area contributed by atoms with Gasteiger partial charge in [0.1, 0.15) is 5.82 Å². The van der Waals surface area contributed by atoms with Gasteiger partial charge < -0.3 is 10.2 Å². The Balaban J connectivity index is 1.56. The Kier molecular flexibility index (Phi) is 6.13. The minimum atomic E-state index is -0.104. The molecule has 1 aliphatic rings. The first kappa shape index (κ1) is 21.3. The lowest BCUT2D eigenvalue weighted by molar-refractivity contribution is -0.127. The third kappa shape index (κ3) is 4.64. The Morgan fingerprint density at radius 2 is 1.67 bits per heavy atom. The van der Waals surface area contributed by atoms with E-state index in [0.29, 0.717) is 17.0 Å². The van der Waals surface area contributed by atoms with Gasteiger partial charge in [-0.1, -0.05) is 48.2 Å². The molecular weight excluding hydrogens is 432 g/mol. The summed E-state index contributed by atoms with van der Waals surface area (Å²) in [6.07, 6.45) is 3.77.